The van der Waals surface area contributed by atoms with Crippen LogP contribution < -0.4 is 15.4 Å². The van der Waals surface area contributed by atoms with Gasteiger partial charge >= 0.3 is 0 Å². The van der Waals surface area contributed by atoms with Crippen molar-refractivity contribution in [3.63, 3.8) is 0 Å². The third-order valence-corrected chi connectivity index (χ3v) is 3.21. The average molecular weight is 264 g/mol. The van der Waals surface area contributed by atoms with E-state index in [1.165, 1.54) is 5.56 Å². The summed E-state index contributed by atoms with van der Waals surface area (Å²) in [6, 6.07) is 6.39. The van der Waals surface area contributed by atoms with Crippen molar-refractivity contribution in [2.75, 3.05) is 38.7 Å². The van der Waals surface area contributed by atoms with Gasteiger partial charge in [-0.3, -0.25) is 0 Å². The second kappa shape index (κ2) is 6.26. The zero-order valence-electron chi connectivity index (χ0n) is 12.1. The van der Waals surface area contributed by atoms with E-state index < -0.39 is 0 Å². The van der Waals surface area contributed by atoms with Crippen LogP contribution >= 0.6 is 0 Å². The number of fused-ring (bicyclic) bond motifs is 1. The zero-order chi connectivity index (χ0) is 13.7. The van der Waals surface area contributed by atoms with Crippen LogP contribution in [0.15, 0.2) is 18.2 Å². The van der Waals surface area contributed by atoms with E-state index in [1.807, 2.05) is 0 Å². The molecule has 4 heteroatoms. The molecule has 0 aliphatic carbocycles. The lowest BCUT2D eigenvalue weighted by molar-refractivity contribution is 0.116. The maximum Gasteiger partial charge on any atom is 0.143 e. The lowest BCUT2D eigenvalue weighted by Gasteiger charge is -2.33. The smallest absolute Gasteiger partial charge is 0.143 e. The van der Waals surface area contributed by atoms with Crippen LogP contribution in [0, 0.1) is 0 Å². The predicted molar refractivity (Wildman–Crippen MR) is 78.1 cm³/mol. The Morgan fingerprint density at radius 1 is 1.37 bits per heavy atom. The molecule has 4 nitrogen and oxygen atoms in total. The zero-order valence-corrected chi connectivity index (χ0v) is 12.1. The summed E-state index contributed by atoms with van der Waals surface area (Å²) in [5.74, 6) is 0.951. The van der Waals surface area contributed by atoms with E-state index in [1.54, 1.807) is 7.11 Å². The van der Waals surface area contributed by atoms with Crippen LogP contribution in [-0.2, 0) is 11.2 Å². The van der Waals surface area contributed by atoms with Gasteiger partial charge in [0.1, 0.15) is 11.4 Å². The highest BCUT2D eigenvalue weighted by Gasteiger charge is 2.25. The second-order valence-electron chi connectivity index (χ2n) is 5.54. The normalized spacial score (nSPS) is 16.4. The first kappa shape index (κ1) is 14.2. The van der Waals surface area contributed by atoms with Crippen LogP contribution in [0.5, 0.6) is 5.75 Å². The van der Waals surface area contributed by atoms with E-state index in [0.29, 0.717) is 0 Å². The SMILES string of the molecule is COCCNCCc1ccc2c(c1)NCC(C)(C)O2. The fourth-order valence-electron chi connectivity index (χ4n) is 2.13. The largest absolute Gasteiger partial charge is 0.484 e. The molecule has 2 rings (SSSR count). The Morgan fingerprint density at radius 3 is 3.00 bits per heavy atom. The summed E-state index contributed by atoms with van der Waals surface area (Å²) in [6.45, 7) is 7.66. The number of rotatable bonds is 6. The van der Waals surface area contributed by atoms with E-state index in [0.717, 1.165) is 44.1 Å². The van der Waals surface area contributed by atoms with Crippen LogP contribution in [-0.4, -0.2) is 39.0 Å². The number of nitrogens with one attached hydrogen (secondary N) is 2. The summed E-state index contributed by atoms with van der Waals surface area (Å²) in [7, 11) is 1.72. The average Bonchev–Trinajstić information content (AvgIpc) is 2.38. The van der Waals surface area contributed by atoms with Crippen molar-refractivity contribution in [3.8, 4) is 5.75 Å². The quantitative estimate of drug-likeness (QED) is 0.772. The molecule has 0 amide bonds. The summed E-state index contributed by atoms with van der Waals surface area (Å²) < 4.78 is 10.9. The van der Waals surface area contributed by atoms with Crippen molar-refractivity contribution >= 4 is 5.69 Å². The highest BCUT2D eigenvalue weighted by atomic mass is 16.5. The molecule has 0 saturated heterocycles. The van der Waals surface area contributed by atoms with Gasteiger partial charge in [-0.2, -0.15) is 0 Å². The minimum atomic E-state index is -0.129. The van der Waals surface area contributed by atoms with E-state index in [-0.39, 0.29) is 5.60 Å². The first-order chi connectivity index (χ1) is 9.11. The lowest BCUT2D eigenvalue weighted by atomic mass is 10.1. The number of benzene rings is 1. The molecule has 1 heterocycles. The van der Waals surface area contributed by atoms with Gasteiger partial charge in [-0.05, 0) is 44.5 Å². The summed E-state index contributed by atoms with van der Waals surface area (Å²) in [6.07, 6.45) is 1.02. The molecule has 0 spiro atoms. The molecule has 0 unspecified atom stereocenters. The van der Waals surface area contributed by atoms with Crippen LogP contribution in [0.1, 0.15) is 19.4 Å². The molecule has 1 aliphatic heterocycles. The molecule has 1 aromatic rings. The van der Waals surface area contributed by atoms with Crippen molar-refractivity contribution in [1.29, 1.82) is 0 Å². The van der Waals surface area contributed by atoms with Gasteiger partial charge in [-0.15, -0.1) is 0 Å². The molecule has 2 N–H and O–H groups in total. The van der Waals surface area contributed by atoms with Crippen LogP contribution in [0.2, 0.25) is 0 Å². The summed E-state index contributed by atoms with van der Waals surface area (Å²) in [5, 5.41) is 6.79. The van der Waals surface area contributed by atoms with Crippen LogP contribution in [0.4, 0.5) is 5.69 Å². The third-order valence-electron chi connectivity index (χ3n) is 3.21. The maximum absolute atomic E-state index is 5.94. The van der Waals surface area contributed by atoms with Crippen molar-refractivity contribution in [2.24, 2.45) is 0 Å². The molecular formula is C15H24N2O2. The molecule has 1 aromatic carbocycles. The standard InChI is InChI=1S/C15H24N2O2/c1-15(2)11-17-13-10-12(4-5-14(13)19-15)6-7-16-8-9-18-3/h4-5,10,16-17H,6-9,11H2,1-3H3. The Morgan fingerprint density at radius 2 is 2.21 bits per heavy atom. The van der Waals surface area contributed by atoms with Gasteiger partial charge in [0, 0.05) is 13.7 Å². The minimum Gasteiger partial charge on any atom is -0.484 e. The summed E-state index contributed by atoms with van der Waals surface area (Å²) in [4.78, 5) is 0. The fraction of sp³-hybridized carbons (Fsp3) is 0.600. The van der Waals surface area contributed by atoms with E-state index in [2.05, 4.69) is 42.7 Å². The summed E-state index contributed by atoms with van der Waals surface area (Å²) >= 11 is 0. The monoisotopic (exact) mass is 264 g/mol. The maximum atomic E-state index is 5.94. The number of ether oxygens (including phenoxy) is 2. The van der Waals surface area contributed by atoms with Crippen LogP contribution in [0.3, 0.4) is 0 Å². The van der Waals surface area contributed by atoms with Crippen molar-refractivity contribution < 1.29 is 9.47 Å². The number of methoxy groups -OCH3 is 1. The Labute approximate surface area is 115 Å². The highest BCUT2D eigenvalue weighted by Crippen LogP contribution is 2.33. The molecule has 0 aromatic heterocycles. The Kier molecular flexibility index (Phi) is 4.66. The Hall–Kier alpha value is -1.26. The van der Waals surface area contributed by atoms with Crippen molar-refractivity contribution in [1.82, 2.24) is 5.32 Å². The molecule has 0 bridgehead atoms. The van der Waals surface area contributed by atoms with Crippen molar-refractivity contribution in [3.05, 3.63) is 23.8 Å². The van der Waals surface area contributed by atoms with Gasteiger partial charge in [-0.25, -0.2) is 0 Å². The first-order valence-electron chi connectivity index (χ1n) is 6.86. The van der Waals surface area contributed by atoms with Gasteiger partial charge in [0.2, 0.25) is 0 Å². The molecule has 0 fully saturated rings. The van der Waals surface area contributed by atoms with E-state index >= 15 is 0 Å². The molecule has 0 atom stereocenters. The lowest BCUT2D eigenvalue weighted by Crippen LogP contribution is -2.40. The second-order valence-corrected chi connectivity index (χ2v) is 5.54. The first-order valence-corrected chi connectivity index (χ1v) is 6.86. The van der Waals surface area contributed by atoms with Crippen LogP contribution in [0.25, 0.3) is 0 Å². The Bertz CT molecular complexity index is 419. The topological polar surface area (TPSA) is 42.5 Å². The molecule has 1 aliphatic rings. The van der Waals surface area contributed by atoms with E-state index in [9.17, 15) is 0 Å². The number of hydrogen-bond acceptors (Lipinski definition) is 4. The third kappa shape index (κ3) is 4.11. The van der Waals surface area contributed by atoms with Gasteiger partial charge in [0.25, 0.3) is 0 Å². The minimum absolute atomic E-state index is 0.129. The molecule has 19 heavy (non-hydrogen) atoms. The molecule has 106 valence electrons. The van der Waals surface area contributed by atoms with Gasteiger partial charge < -0.3 is 20.1 Å². The molecule has 0 radical (unpaired) electrons. The molecular weight excluding hydrogens is 240 g/mol. The number of hydrogen-bond donors (Lipinski definition) is 2. The fourth-order valence-corrected chi connectivity index (χ4v) is 2.13. The Balaban J connectivity index is 1.87. The van der Waals surface area contributed by atoms with E-state index in [4.69, 9.17) is 9.47 Å². The predicted octanol–water partition coefficient (Wildman–Crippen LogP) is 2.05. The molecule has 0 saturated carbocycles. The van der Waals surface area contributed by atoms with Gasteiger partial charge in [-0.1, -0.05) is 6.07 Å². The highest BCUT2D eigenvalue weighted by molar-refractivity contribution is 5.60. The number of anilines is 1. The van der Waals surface area contributed by atoms with Gasteiger partial charge in [0.15, 0.2) is 0 Å². The summed E-state index contributed by atoms with van der Waals surface area (Å²) in [5.41, 5.74) is 2.30. The van der Waals surface area contributed by atoms with Crippen molar-refractivity contribution in [2.45, 2.75) is 25.9 Å². The van der Waals surface area contributed by atoms with Gasteiger partial charge in [0.05, 0.1) is 18.8 Å².